The molecule has 0 aliphatic carbocycles. The van der Waals surface area contributed by atoms with Gasteiger partial charge in [-0.25, -0.2) is 14.1 Å². The summed E-state index contributed by atoms with van der Waals surface area (Å²) in [5.74, 6) is -0.571. The Labute approximate surface area is 185 Å². The largest absolute Gasteiger partial charge is 0.481 e. The van der Waals surface area contributed by atoms with Gasteiger partial charge < -0.3 is 9.64 Å². The first-order valence-corrected chi connectivity index (χ1v) is 10.7. The zero-order valence-electron chi connectivity index (χ0n) is 17.7. The third kappa shape index (κ3) is 3.70. The molecule has 7 heteroatoms. The fourth-order valence-corrected chi connectivity index (χ4v) is 4.25. The smallest absolute Gasteiger partial charge is 0.261 e. The summed E-state index contributed by atoms with van der Waals surface area (Å²) in [6.07, 6.45) is 1.70. The summed E-state index contributed by atoms with van der Waals surface area (Å²) in [5.41, 5.74) is 3.44. The second-order valence-electron chi connectivity index (χ2n) is 7.90. The molecule has 4 aromatic rings. The second kappa shape index (κ2) is 8.42. The molecule has 0 spiro atoms. The number of benzene rings is 2. The molecule has 6 nitrogen and oxygen atoms in total. The van der Waals surface area contributed by atoms with E-state index in [4.69, 9.17) is 9.72 Å². The summed E-state index contributed by atoms with van der Waals surface area (Å²) < 4.78 is 21.1. The van der Waals surface area contributed by atoms with Crippen LogP contribution in [0, 0.1) is 12.7 Å². The van der Waals surface area contributed by atoms with Crippen LogP contribution in [0.25, 0.3) is 16.7 Å². The first-order valence-electron chi connectivity index (χ1n) is 10.7. The molecule has 2 aromatic heterocycles. The Hall–Kier alpha value is -3.74. The lowest BCUT2D eigenvalue weighted by molar-refractivity contribution is -0.134. The minimum Gasteiger partial charge on any atom is -0.481 e. The summed E-state index contributed by atoms with van der Waals surface area (Å²) in [6.45, 7) is 2.39. The maximum Gasteiger partial charge on any atom is 0.261 e. The molecule has 3 heterocycles. The number of carbonyl (C=O) groups excluding carboxylic acids is 1. The fourth-order valence-electron chi connectivity index (χ4n) is 4.25. The van der Waals surface area contributed by atoms with Crippen LogP contribution in [0.1, 0.15) is 30.3 Å². The van der Waals surface area contributed by atoms with Crippen molar-refractivity contribution >= 4 is 16.9 Å². The Morgan fingerprint density at radius 2 is 1.88 bits per heavy atom. The van der Waals surface area contributed by atoms with Crippen LogP contribution in [0.15, 0.2) is 66.7 Å². The molecule has 1 saturated heterocycles. The Bertz CT molecular complexity index is 1270. The van der Waals surface area contributed by atoms with Crippen molar-refractivity contribution in [3.63, 3.8) is 0 Å². The maximum absolute atomic E-state index is 13.8. The van der Waals surface area contributed by atoms with Crippen molar-refractivity contribution in [1.82, 2.24) is 19.7 Å². The van der Waals surface area contributed by atoms with E-state index in [1.165, 1.54) is 12.1 Å². The molecule has 0 bridgehead atoms. The lowest BCUT2D eigenvalue weighted by atomic mass is 10.1. The Balaban J connectivity index is 1.41. The molecule has 0 N–H and O–H groups in total. The highest BCUT2D eigenvalue weighted by Gasteiger charge is 2.31. The van der Waals surface area contributed by atoms with Crippen molar-refractivity contribution in [2.24, 2.45) is 0 Å². The van der Waals surface area contributed by atoms with Crippen LogP contribution in [0.5, 0.6) is 5.75 Å². The standard InChI is InChI=1S/C25H23FN4O2/c1-17-19-13-14-21(27-25(19)30(28-17)18-8-3-2-4-9-18)22-11-7-15-29(22)24(31)16-32-23-12-6-5-10-20(23)26/h2-6,8-10,12-14,22H,7,11,15-16H2,1H3/t22-/m1/s1. The van der Waals surface area contributed by atoms with Gasteiger partial charge in [0, 0.05) is 11.9 Å². The van der Waals surface area contributed by atoms with Crippen molar-refractivity contribution < 1.29 is 13.9 Å². The van der Waals surface area contributed by atoms with Gasteiger partial charge in [-0.1, -0.05) is 30.3 Å². The molecule has 0 unspecified atom stereocenters. The topological polar surface area (TPSA) is 60.2 Å². The third-order valence-corrected chi connectivity index (χ3v) is 5.84. The highest BCUT2D eigenvalue weighted by atomic mass is 19.1. The predicted octanol–water partition coefficient (Wildman–Crippen LogP) is 4.61. The Morgan fingerprint density at radius 1 is 1.09 bits per heavy atom. The van der Waals surface area contributed by atoms with E-state index in [1.807, 2.05) is 54.1 Å². The van der Waals surface area contributed by atoms with Gasteiger partial charge in [-0.15, -0.1) is 0 Å². The maximum atomic E-state index is 13.8. The molecule has 5 rings (SSSR count). The van der Waals surface area contributed by atoms with Crippen molar-refractivity contribution in [2.45, 2.75) is 25.8 Å². The second-order valence-corrected chi connectivity index (χ2v) is 7.90. The number of pyridine rings is 1. The number of aryl methyl sites for hydroxylation is 1. The molecule has 0 saturated carbocycles. The number of ether oxygens (including phenoxy) is 1. The molecule has 162 valence electrons. The summed E-state index contributed by atoms with van der Waals surface area (Å²) >= 11 is 0. The number of halogens is 1. The minimum absolute atomic E-state index is 0.0818. The number of hydrogen-bond donors (Lipinski definition) is 0. The van der Waals surface area contributed by atoms with Crippen molar-refractivity contribution in [3.05, 3.63) is 83.9 Å². The molecule has 2 aromatic carbocycles. The molecule has 1 amide bonds. The van der Waals surface area contributed by atoms with Crippen LogP contribution in [0.4, 0.5) is 4.39 Å². The van der Waals surface area contributed by atoms with Gasteiger partial charge >= 0.3 is 0 Å². The molecule has 1 aliphatic rings. The number of fused-ring (bicyclic) bond motifs is 1. The van der Waals surface area contributed by atoms with Gasteiger partial charge in [0.05, 0.1) is 23.1 Å². The first kappa shape index (κ1) is 20.2. The number of carbonyl (C=O) groups is 1. The SMILES string of the molecule is Cc1nn(-c2ccccc2)c2nc([C@H]3CCCN3C(=O)COc3ccccc3F)ccc12. The Kier molecular flexibility index (Phi) is 5.31. The first-order chi connectivity index (χ1) is 15.6. The lowest BCUT2D eigenvalue weighted by Crippen LogP contribution is -2.34. The third-order valence-electron chi connectivity index (χ3n) is 5.84. The van der Waals surface area contributed by atoms with Crippen molar-refractivity contribution in [1.29, 1.82) is 0 Å². The van der Waals surface area contributed by atoms with Crippen LogP contribution in [0.3, 0.4) is 0 Å². The average Bonchev–Trinajstić information content (AvgIpc) is 3.44. The Morgan fingerprint density at radius 3 is 2.69 bits per heavy atom. The van der Waals surface area contributed by atoms with E-state index < -0.39 is 5.82 Å². The molecular weight excluding hydrogens is 407 g/mol. The summed E-state index contributed by atoms with van der Waals surface area (Å²) in [7, 11) is 0. The van der Waals surface area contributed by atoms with Crippen molar-refractivity contribution in [3.8, 4) is 11.4 Å². The van der Waals surface area contributed by atoms with Gasteiger partial charge in [0.25, 0.3) is 5.91 Å². The molecule has 1 aliphatic heterocycles. The van der Waals surface area contributed by atoms with E-state index in [2.05, 4.69) is 5.10 Å². The van der Waals surface area contributed by atoms with E-state index in [1.54, 1.807) is 17.0 Å². The number of hydrogen-bond acceptors (Lipinski definition) is 4. The zero-order valence-corrected chi connectivity index (χ0v) is 17.7. The van der Waals surface area contributed by atoms with Crippen molar-refractivity contribution in [2.75, 3.05) is 13.2 Å². The molecule has 0 radical (unpaired) electrons. The predicted molar refractivity (Wildman–Crippen MR) is 119 cm³/mol. The summed E-state index contributed by atoms with van der Waals surface area (Å²) in [6, 6.07) is 19.8. The summed E-state index contributed by atoms with van der Waals surface area (Å²) in [4.78, 5) is 19.6. The number of aromatic nitrogens is 3. The molecular formula is C25H23FN4O2. The van der Waals surface area contributed by atoms with E-state index >= 15 is 0 Å². The van der Waals surface area contributed by atoms with E-state index in [0.717, 1.165) is 41.0 Å². The van der Waals surface area contributed by atoms with Gasteiger partial charge in [0.1, 0.15) is 0 Å². The minimum atomic E-state index is -0.477. The fraction of sp³-hybridized carbons (Fsp3) is 0.240. The van der Waals surface area contributed by atoms with Gasteiger partial charge in [-0.05, 0) is 56.2 Å². The van der Waals surface area contributed by atoms with Crippen LogP contribution in [-0.4, -0.2) is 38.7 Å². The van der Waals surface area contributed by atoms with Gasteiger partial charge in [0.2, 0.25) is 0 Å². The van der Waals surface area contributed by atoms with Crippen LogP contribution in [0.2, 0.25) is 0 Å². The monoisotopic (exact) mass is 430 g/mol. The highest BCUT2D eigenvalue weighted by Crippen LogP contribution is 2.33. The van der Waals surface area contributed by atoms with Crippen LogP contribution >= 0.6 is 0 Å². The number of amides is 1. The van der Waals surface area contributed by atoms with Gasteiger partial charge in [-0.3, -0.25) is 4.79 Å². The average molecular weight is 430 g/mol. The molecule has 1 fully saturated rings. The van der Waals surface area contributed by atoms with E-state index in [0.29, 0.717) is 6.54 Å². The van der Waals surface area contributed by atoms with Gasteiger partial charge in [-0.2, -0.15) is 5.10 Å². The van der Waals surface area contributed by atoms with Crippen LogP contribution < -0.4 is 4.74 Å². The summed E-state index contributed by atoms with van der Waals surface area (Å²) in [5, 5.41) is 5.65. The number of rotatable bonds is 5. The van der Waals surface area contributed by atoms with E-state index in [-0.39, 0.29) is 24.3 Å². The molecule has 1 atom stereocenters. The number of likely N-dealkylation sites (tertiary alicyclic amines) is 1. The lowest BCUT2D eigenvalue weighted by Gasteiger charge is -2.24. The quantitative estimate of drug-likeness (QED) is 0.464. The highest BCUT2D eigenvalue weighted by molar-refractivity contribution is 5.81. The molecule has 32 heavy (non-hydrogen) atoms. The van der Waals surface area contributed by atoms with E-state index in [9.17, 15) is 9.18 Å². The van der Waals surface area contributed by atoms with Gasteiger partial charge in [0.15, 0.2) is 23.8 Å². The normalized spacial score (nSPS) is 15.9. The van der Waals surface area contributed by atoms with Crippen LogP contribution in [-0.2, 0) is 4.79 Å². The number of nitrogens with zero attached hydrogens (tertiary/aromatic N) is 4. The zero-order chi connectivity index (χ0) is 22.1. The number of para-hydroxylation sites is 2.